The minimum Gasteiger partial charge on any atom is -0.473 e. The summed E-state index contributed by atoms with van der Waals surface area (Å²) in [5, 5.41) is 13.1. The number of nitrogens with zero attached hydrogens (tertiary/aromatic N) is 1. The van der Waals surface area contributed by atoms with Crippen LogP contribution in [-0.2, 0) is 0 Å². The Morgan fingerprint density at radius 2 is 1.75 bits per heavy atom. The fraction of sp³-hybridized carbons (Fsp3) is 0.0714. The topological polar surface area (TPSA) is 81.5 Å². The van der Waals surface area contributed by atoms with E-state index in [1.807, 2.05) is 6.07 Å². The minimum absolute atomic E-state index is 0.00839. The molecule has 0 atom stereocenters. The first-order chi connectivity index (χ1) is 9.66. The number of ether oxygens (including phenoxy) is 1. The molecule has 0 bridgehead atoms. The third kappa shape index (κ3) is 3.55. The van der Waals surface area contributed by atoms with Crippen molar-refractivity contribution in [3.8, 4) is 5.75 Å². The molecule has 0 aromatic heterocycles. The lowest BCUT2D eigenvalue weighted by Crippen LogP contribution is -2.27. The van der Waals surface area contributed by atoms with E-state index < -0.39 is 4.92 Å². The predicted molar refractivity (Wildman–Crippen MR) is 72.5 cm³/mol. The third-order valence-corrected chi connectivity index (χ3v) is 2.56. The molecule has 2 aromatic carbocycles. The molecule has 0 heterocycles. The van der Waals surface area contributed by atoms with Gasteiger partial charge in [0.2, 0.25) is 0 Å². The highest BCUT2D eigenvalue weighted by Gasteiger charge is 2.06. The van der Waals surface area contributed by atoms with Gasteiger partial charge in [0.1, 0.15) is 5.75 Å². The lowest BCUT2D eigenvalue weighted by atomic mass is 10.2. The van der Waals surface area contributed by atoms with E-state index in [2.05, 4.69) is 5.32 Å². The van der Waals surface area contributed by atoms with Crippen molar-refractivity contribution in [2.75, 3.05) is 6.73 Å². The molecule has 0 fully saturated rings. The van der Waals surface area contributed by atoms with E-state index in [9.17, 15) is 14.9 Å². The smallest absolute Gasteiger partial charge is 0.269 e. The summed E-state index contributed by atoms with van der Waals surface area (Å²) >= 11 is 0. The highest BCUT2D eigenvalue weighted by Crippen LogP contribution is 2.16. The van der Waals surface area contributed by atoms with Crippen LogP contribution in [0.4, 0.5) is 5.69 Å². The molecule has 2 aromatic rings. The highest BCUT2D eigenvalue weighted by molar-refractivity contribution is 5.93. The Bertz CT molecular complexity index is 596. The van der Waals surface area contributed by atoms with E-state index in [0.717, 1.165) is 0 Å². The maximum atomic E-state index is 11.7. The second kappa shape index (κ2) is 6.33. The van der Waals surface area contributed by atoms with Gasteiger partial charge in [0, 0.05) is 17.7 Å². The minimum atomic E-state index is -0.485. The molecule has 0 unspecified atom stereocenters. The van der Waals surface area contributed by atoms with Gasteiger partial charge in [-0.2, -0.15) is 0 Å². The summed E-state index contributed by atoms with van der Waals surface area (Å²) in [5.74, 6) is 0.205. The molecule has 0 radical (unpaired) electrons. The highest BCUT2D eigenvalue weighted by atomic mass is 16.6. The Labute approximate surface area is 115 Å². The van der Waals surface area contributed by atoms with Gasteiger partial charge in [-0.1, -0.05) is 18.2 Å². The number of hydrogen-bond donors (Lipinski definition) is 1. The average Bonchev–Trinajstić information content (AvgIpc) is 2.48. The van der Waals surface area contributed by atoms with Crippen molar-refractivity contribution in [1.82, 2.24) is 5.32 Å². The molecule has 0 spiro atoms. The second-order valence-electron chi connectivity index (χ2n) is 3.91. The first-order valence-electron chi connectivity index (χ1n) is 5.87. The quantitative estimate of drug-likeness (QED) is 0.514. The number of nitro groups is 1. The molecule has 102 valence electrons. The Balaban J connectivity index is 1.84. The van der Waals surface area contributed by atoms with E-state index in [4.69, 9.17) is 4.74 Å². The largest absolute Gasteiger partial charge is 0.473 e. The summed E-state index contributed by atoms with van der Waals surface area (Å²) in [4.78, 5) is 21.7. The van der Waals surface area contributed by atoms with Gasteiger partial charge in [-0.15, -0.1) is 0 Å². The van der Waals surface area contributed by atoms with Crippen LogP contribution in [0.25, 0.3) is 0 Å². The summed E-state index contributed by atoms with van der Waals surface area (Å²) in [7, 11) is 0. The van der Waals surface area contributed by atoms with Crippen LogP contribution < -0.4 is 10.1 Å². The van der Waals surface area contributed by atoms with Crippen molar-refractivity contribution in [1.29, 1.82) is 0 Å². The molecule has 20 heavy (non-hydrogen) atoms. The second-order valence-corrected chi connectivity index (χ2v) is 3.91. The van der Waals surface area contributed by atoms with E-state index >= 15 is 0 Å². The van der Waals surface area contributed by atoms with Gasteiger partial charge < -0.3 is 10.1 Å². The van der Waals surface area contributed by atoms with Crippen LogP contribution in [0.3, 0.4) is 0 Å². The molecule has 0 aliphatic carbocycles. The van der Waals surface area contributed by atoms with Crippen LogP contribution >= 0.6 is 0 Å². The molecule has 0 saturated carbocycles. The van der Waals surface area contributed by atoms with Crippen molar-refractivity contribution in [2.45, 2.75) is 0 Å². The van der Waals surface area contributed by atoms with Crippen LogP contribution in [0, 0.1) is 10.1 Å². The van der Waals surface area contributed by atoms with Crippen LogP contribution in [0.15, 0.2) is 54.6 Å². The standard InChI is InChI=1S/C14H12N2O4/c17-14(11-4-2-1-3-5-11)15-10-20-13-8-6-12(7-9-13)16(18)19/h1-9H,10H2,(H,15,17). The van der Waals surface area contributed by atoms with Gasteiger partial charge in [-0.05, 0) is 24.3 Å². The van der Waals surface area contributed by atoms with Crippen molar-refractivity contribution < 1.29 is 14.5 Å². The number of non-ortho nitro benzene ring substituents is 1. The van der Waals surface area contributed by atoms with Gasteiger partial charge >= 0.3 is 0 Å². The van der Waals surface area contributed by atoms with Crippen molar-refractivity contribution >= 4 is 11.6 Å². The number of amides is 1. The Kier molecular flexibility index (Phi) is 4.28. The van der Waals surface area contributed by atoms with Gasteiger partial charge in [-0.25, -0.2) is 0 Å². The van der Waals surface area contributed by atoms with Gasteiger partial charge in [-0.3, -0.25) is 14.9 Å². The van der Waals surface area contributed by atoms with Gasteiger partial charge in [0.15, 0.2) is 6.73 Å². The normalized spacial score (nSPS) is 9.80. The molecule has 1 amide bonds. The van der Waals surface area contributed by atoms with Crippen molar-refractivity contribution in [2.24, 2.45) is 0 Å². The first kappa shape index (κ1) is 13.5. The van der Waals surface area contributed by atoms with Gasteiger partial charge in [0.05, 0.1) is 4.92 Å². The maximum Gasteiger partial charge on any atom is 0.269 e. The van der Waals surface area contributed by atoms with Crippen LogP contribution in [0.5, 0.6) is 5.75 Å². The summed E-state index contributed by atoms with van der Waals surface area (Å²) in [6, 6.07) is 14.4. The van der Waals surface area contributed by atoms with Crippen LogP contribution in [-0.4, -0.2) is 17.6 Å². The SMILES string of the molecule is O=C(NCOc1ccc([N+](=O)[O-])cc1)c1ccccc1. The van der Waals surface area contributed by atoms with E-state index in [0.29, 0.717) is 11.3 Å². The summed E-state index contributed by atoms with van der Waals surface area (Å²) in [6.45, 7) is -0.00839. The van der Waals surface area contributed by atoms with Crippen molar-refractivity contribution in [3.05, 3.63) is 70.3 Å². The molecule has 0 aliphatic rings. The molecule has 6 nitrogen and oxygen atoms in total. The first-order valence-corrected chi connectivity index (χ1v) is 5.87. The zero-order chi connectivity index (χ0) is 14.4. The fourth-order valence-corrected chi connectivity index (χ4v) is 1.54. The number of benzene rings is 2. The molecule has 1 N–H and O–H groups in total. The Morgan fingerprint density at radius 3 is 2.35 bits per heavy atom. The molecule has 0 aliphatic heterocycles. The number of hydrogen-bond acceptors (Lipinski definition) is 4. The average molecular weight is 272 g/mol. The number of rotatable bonds is 5. The monoisotopic (exact) mass is 272 g/mol. The number of nitrogens with one attached hydrogen (secondary N) is 1. The third-order valence-electron chi connectivity index (χ3n) is 2.56. The zero-order valence-electron chi connectivity index (χ0n) is 10.5. The predicted octanol–water partition coefficient (Wildman–Crippen LogP) is 2.36. The molecule has 6 heteroatoms. The summed E-state index contributed by atoms with van der Waals surface area (Å²) < 4.78 is 5.28. The van der Waals surface area contributed by atoms with Gasteiger partial charge in [0.25, 0.3) is 11.6 Å². The summed E-state index contributed by atoms with van der Waals surface area (Å²) in [5.41, 5.74) is 0.533. The lowest BCUT2D eigenvalue weighted by Gasteiger charge is -2.07. The molecule has 2 rings (SSSR count). The number of nitro benzene ring substituents is 1. The van der Waals surface area contributed by atoms with Crippen LogP contribution in [0.1, 0.15) is 10.4 Å². The molecular weight excluding hydrogens is 260 g/mol. The number of carbonyl (C=O) groups excluding carboxylic acids is 1. The van der Waals surface area contributed by atoms with Crippen molar-refractivity contribution in [3.63, 3.8) is 0 Å². The van der Waals surface area contributed by atoms with E-state index in [-0.39, 0.29) is 18.3 Å². The fourth-order valence-electron chi connectivity index (χ4n) is 1.54. The summed E-state index contributed by atoms with van der Waals surface area (Å²) in [6.07, 6.45) is 0. The molecular formula is C14H12N2O4. The Hall–Kier alpha value is -2.89. The Morgan fingerprint density at radius 1 is 1.10 bits per heavy atom. The van der Waals surface area contributed by atoms with Crippen LogP contribution in [0.2, 0.25) is 0 Å². The number of carbonyl (C=O) groups is 1. The van der Waals surface area contributed by atoms with E-state index in [1.54, 1.807) is 24.3 Å². The van der Waals surface area contributed by atoms with E-state index in [1.165, 1.54) is 24.3 Å². The zero-order valence-corrected chi connectivity index (χ0v) is 10.5. The molecule has 0 saturated heterocycles. The maximum absolute atomic E-state index is 11.7. The lowest BCUT2D eigenvalue weighted by molar-refractivity contribution is -0.384.